The van der Waals surface area contributed by atoms with Crippen LogP contribution in [0.25, 0.3) is 0 Å². The van der Waals surface area contributed by atoms with Crippen molar-refractivity contribution in [3.63, 3.8) is 0 Å². The van der Waals surface area contributed by atoms with Gasteiger partial charge in [-0.1, -0.05) is 37.3 Å². The number of hydrogen-bond donors (Lipinski definition) is 0. The van der Waals surface area contributed by atoms with Gasteiger partial charge in [-0.25, -0.2) is 4.98 Å². The van der Waals surface area contributed by atoms with Gasteiger partial charge in [0.15, 0.2) is 0 Å². The number of aromatic nitrogens is 1. The number of rotatable bonds is 4. The second kappa shape index (κ2) is 5.65. The Morgan fingerprint density at radius 3 is 2.64 bits per heavy atom. The highest BCUT2D eigenvalue weighted by atomic mass is 32.1. The summed E-state index contributed by atoms with van der Waals surface area (Å²) in [6, 6.07) is 9.52. The van der Waals surface area contributed by atoms with Crippen molar-refractivity contribution in [2.24, 2.45) is 0 Å². The van der Waals surface area contributed by atoms with Crippen molar-refractivity contribution in [3.05, 3.63) is 52.0 Å². The Hall–Kier alpha value is -2.01. The molecule has 0 bridgehead atoms. The number of hydrogen-bond acceptors (Lipinski definition) is 4. The van der Waals surface area contributed by atoms with Gasteiger partial charge >= 0.3 is 0 Å². The summed E-state index contributed by atoms with van der Waals surface area (Å²) in [5, 5.41) is 2.96. The van der Waals surface area contributed by atoms with Crippen molar-refractivity contribution < 1.29 is 9.59 Å². The maximum Gasteiger partial charge on any atom is 0.240 e. The molecule has 0 aliphatic carbocycles. The van der Waals surface area contributed by atoms with Crippen molar-refractivity contribution in [1.82, 2.24) is 9.88 Å². The summed E-state index contributed by atoms with van der Waals surface area (Å²) in [5.74, 6) is -0.253. The van der Waals surface area contributed by atoms with Crippen LogP contribution in [0.1, 0.15) is 36.5 Å². The Bertz CT molecular complexity index is 710. The minimum absolute atomic E-state index is 0.123. The van der Waals surface area contributed by atoms with Crippen LogP contribution in [-0.2, 0) is 28.0 Å². The van der Waals surface area contributed by atoms with Gasteiger partial charge in [0.05, 0.1) is 22.7 Å². The second-order valence-electron chi connectivity index (χ2n) is 5.75. The van der Waals surface area contributed by atoms with Crippen LogP contribution < -0.4 is 0 Å². The van der Waals surface area contributed by atoms with E-state index in [-0.39, 0.29) is 24.8 Å². The number of carbonyl (C=O) groups is 2. The van der Waals surface area contributed by atoms with E-state index in [9.17, 15) is 9.59 Å². The maximum absolute atomic E-state index is 12.8. The molecule has 114 valence electrons. The highest BCUT2D eigenvalue weighted by Crippen LogP contribution is 2.36. The van der Waals surface area contributed by atoms with Crippen molar-refractivity contribution in [2.45, 2.75) is 38.6 Å². The van der Waals surface area contributed by atoms with Gasteiger partial charge in [0.2, 0.25) is 11.8 Å². The molecule has 1 aromatic heterocycles. The highest BCUT2D eigenvalue weighted by molar-refractivity contribution is 7.09. The lowest BCUT2D eigenvalue weighted by Crippen LogP contribution is -2.36. The van der Waals surface area contributed by atoms with Gasteiger partial charge in [0.25, 0.3) is 0 Å². The second-order valence-corrected chi connectivity index (χ2v) is 6.69. The number of nitrogens with zero attached hydrogens (tertiary/aromatic N) is 2. The number of thiazole rings is 1. The summed E-state index contributed by atoms with van der Waals surface area (Å²) >= 11 is 1.57. The third kappa shape index (κ3) is 2.46. The van der Waals surface area contributed by atoms with Crippen molar-refractivity contribution >= 4 is 23.2 Å². The molecule has 2 heterocycles. The van der Waals surface area contributed by atoms with Gasteiger partial charge < -0.3 is 0 Å². The van der Waals surface area contributed by atoms with E-state index >= 15 is 0 Å². The fourth-order valence-corrected chi connectivity index (χ4v) is 3.56. The zero-order valence-electron chi connectivity index (χ0n) is 12.7. The first-order valence-corrected chi connectivity index (χ1v) is 8.26. The molecule has 0 radical (unpaired) electrons. The van der Waals surface area contributed by atoms with Gasteiger partial charge in [-0.15, -0.1) is 11.3 Å². The van der Waals surface area contributed by atoms with Crippen LogP contribution in [0.4, 0.5) is 0 Å². The monoisotopic (exact) mass is 314 g/mol. The third-order valence-corrected chi connectivity index (χ3v) is 5.20. The molecule has 2 amide bonds. The minimum atomic E-state index is -0.762. The Morgan fingerprint density at radius 1 is 1.27 bits per heavy atom. The molecule has 0 unspecified atom stereocenters. The van der Waals surface area contributed by atoms with Crippen LogP contribution in [-0.4, -0.2) is 21.7 Å². The number of aryl methyl sites for hydroxylation is 1. The molecule has 0 saturated carbocycles. The van der Waals surface area contributed by atoms with Crippen molar-refractivity contribution in [2.75, 3.05) is 0 Å². The van der Waals surface area contributed by atoms with Gasteiger partial charge in [-0.05, 0) is 18.9 Å². The Kier molecular flexibility index (Phi) is 3.83. The molecule has 1 aliphatic rings. The van der Waals surface area contributed by atoms with E-state index in [0.29, 0.717) is 0 Å². The van der Waals surface area contributed by atoms with Crippen LogP contribution in [0, 0.1) is 0 Å². The Morgan fingerprint density at radius 2 is 2.00 bits per heavy atom. The molecule has 0 spiro atoms. The summed E-state index contributed by atoms with van der Waals surface area (Å²) in [4.78, 5) is 30.9. The van der Waals surface area contributed by atoms with Crippen molar-refractivity contribution in [3.8, 4) is 0 Å². The molecular formula is C17H18N2O2S. The largest absolute Gasteiger partial charge is 0.276 e. The number of imide groups is 1. The molecule has 5 heteroatoms. The van der Waals surface area contributed by atoms with E-state index in [1.165, 1.54) is 4.90 Å². The van der Waals surface area contributed by atoms with E-state index in [2.05, 4.69) is 4.98 Å². The molecule has 0 N–H and O–H groups in total. The Balaban J connectivity index is 1.85. The quantitative estimate of drug-likeness (QED) is 0.815. The molecular weight excluding hydrogens is 296 g/mol. The van der Waals surface area contributed by atoms with Crippen LogP contribution in [0.15, 0.2) is 35.7 Å². The minimum Gasteiger partial charge on any atom is -0.276 e. The standard InChI is InChI=1S/C17H18N2O2S/c1-3-14-18-13(11-22-14)10-19-15(20)9-17(2,16(19)21)12-7-5-4-6-8-12/h4-8,11H,3,9-10H2,1-2H3/t17-/m0/s1. The average molecular weight is 314 g/mol. The summed E-state index contributed by atoms with van der Waals surface area (Å²) in [7, 11) is 0. The summed E-state index contributed by atoms with van der Waals surface area (Å²) < 4.78 is 0. The highest BCUT2D eigenvalue weighted by Gasteiger charge is 2.49. The smallest absolute Gasteiger partial charge is 0.240 e. The van der Waals surface area contributed by atoms with Crippen LogP contribution in [0.5, 0.6) is 0 Å². The third-order valence-electron chi connectivity index (χ3n) is 4.16. The molecule has 1 atom stereocenters. The van der Waals surface area contributed by atoms with E-state index in [1.807, 2.05) is 49.6 Å². The molecule has 4 nitrogen and oxygen atoms in total. The van der Waals surface area contributed by atoms with Crippen LogP contribution in [0.2, 0.25) is 0 Å². The van der Waals surface area contributed by atoms with E-state index in [0.717, 1.165) is 22.7 Å². The topological polar surface area (TPSA) is 50.3 Å². The van der Waals surface area contributed by atoms with Gasteiger partial charge in [-0.3, -0.25) is 14.5 Å². The lowest BCUT2D eigenvalue weighted by molar-refractivity contribution is -0.140. The molecule has 1 fully saturated rings. The molecule has 1 saturated heterocycles. The van der Waals surface area contributed by atoms with Gasteiger partial charge in [-0.2, -0.15) is 0 Å². The number of benzene rings is 1. The van der Waals surface area contributed by atoms with Crippen LogP contribution >= 0.6 is 11.3 Å². The van der Waals surface area contributed by atoms with E-state index in [1.54, 1.807) is 11.3 Å². The van der Waals surface area contributed by atoms with Crippen LogP contribution in [0.3, 0.4) is 0 Å². The lowest BCUT2D eigenvalue weighted by atomic mass is 9.81. The predicted molar refractivity (Wildman–Crippen MR) is 85.5 cm³/mol. The first-order chi connectivity index (χ1) is 10.5. The molecule has 1 aliphatic heterocycles. The van der Waals surface area contributed by atoms with Gasteiger partial charge in [0.1, 0.15) is 0 Å². The summed E-state index contributed by atoms with van der Waals surface area (Å²) in [6.45, 7) is 4.17. The SMILES string of the molecule is CCc1nc(CN2C(=O)C[C@@](C)(c3ccccc3)C2=O)cs1. The number of likely N-dealkylation sites (tertiary alicyclic amines) is 1. The number of amides is 2. The summed E-state index contributed by atoms with van der Waals surface area (Å²) in [6.07, 6.45) is 1.09. The predicted octanol–water partition coefficient (Wildman–Crippen LogP) is 2.92. The molecule has 2 aromatic rings. The first-order valence-electron chi connectivity index (χ1n) is 7.38. The summed E-state index contributed by atoms with van der Waals surface area (Å²) in [5.41, 5.74) is 0.923. The fourth-order valence-electron chi connectivity index (χ4n) is 2.82. The van der Waals surface area contributed by atoms with Gasteiger partial charge in [0, 0.05) is 11.8 Å². The lowest BCUT2D eigenvalue weighted by Gasteiger charge is -2.22. The fraction of sp³-hybridized carbons (Fsp3) is 0.353. The number of carbonyl (C=O) groups excluding carboxylic acids is 2. The normalized spacial score (nSPS) is 21.6. The van der Waals surface area contributed by atoms with E-state index in [4.69, 9.17) is 0 Å². The first kappa shape index (κ1) is 14.9. The Labute approximate surface area is 133 Å². The molecule has 1 aromatic carbocycles. The molecule has 22 heavy (non-hydrogen) atoms. The van der Waals surface area contributed by atoms with E-state index < -0.39 is 5.41 Å². The zero-order valence-corrected chi connectivity index (χ0v) is 13.5. The maximum atomic E-state index is 12.8. The zero-order chi connectivity index (χ0) is 15.7. The average Bonchev–Trinajstić information content (AvgIpc) is 3.07. The molecule has 3 rings (SSSR count). The van der Waals surface area contributed by atoms with Crippen molar-refractivity contribution in [1.29, 1.82) is 0 Å².